The number of carbonyl (C=O) groups is 1. The molecular formula is C35H64N2O12. The van der Waals surface area contributed by atoms with E-state index < -0.39 is 103 Å². The van der Waals surface area contributed by atoms with E-state index in [4.69, 9.17) is 23.7 Å². The first kappa shape index (κ1) is 42.1. The molecule has 49 heavy (non-hydrogen) atoms. The summed E-state index contributed by atoms with van der Waals surface area (Å²) < 4.78 is 31.0. The van der Waals surface area contributed by atoms with Gasteiger partial charge in [-0.05, 0) is 73.3 Å². The van der Waals surface area contributed by atoms with Crippen LogP contribution in [0.15, 0.2) is 5.18 Å². The van der Waals surface area contributed by atoms with Gasteiger partial charge in [0.15, 0.2) is 12.6 Å². The van der Waals surface area contributed by atoms with Gasteiger partial charge in [-0.2, -0.15) is 4.91 Å². The summed E-state index contributed by atoms with van der Waals surface area (Å²) in [7, 11) is 1.81. The lowest BCUT2D eigenvalue weighted by Gasteiger charge is -2.46. The third kappa shape index (κ3) is 9.76. The Balaban J connectivity index is 2.14. The van der Waals surface area contributed by atoms with Gasteiger partial charge in [0.25, 0.3) is 0 Å². The summed E-state index contributed by atoms with van der Waals surface area (Å²) in [5.41, 5.74) is -3.41. The Morgan fingerprint density at radius 1 is 0.959 bits per heavy atom. The number of hydrogen-bond donors (Lipinski definition) is 5. The fraction of sp³-hybridized carbons (Fsp3) is 0.971. The van der Waals surface area contributed by atoms with E-state index >= 15 is 0 Å². The predicted octanol–water partition coefficient (Wildman–Crippen LogP) is 2.34. The van der Waals surface area contributed by atoms with Crippen molar-refractivity contribution in [2.45, 2.75) is 180 Å². The quantitative estimate of drug-likeness (QED) is 0.200. The van der Waals surface area contributed by atoms with E-state index in [1.165, 1.54) is 6.92 Å². The predicted molar refractivity (Wildman–Crippen MR) is 180 cm³/mol. The lowest BCUT2D eigenvalue weighted by Crippen LogP contribution is -2.59. The Morgan fingerprint density at radius 3 is 2.16 bits per heavy atom. The number of nitroso groups, excluding NO2 is 1. The van der Waals surface area contributed by atoms with E-state index in [-0.39, 0.29) is 31.1 Å². The van der Waals surface area contributed by atoms with Gasteiger partial charge in [-0.25, -0.2) is 0 Å². The van der Waals surface area contributed by atoms with Gasteiger partial charge in [0, 0.05) is 31.3 Å². The highest BCUT2D eigenvalue weighted by Gasteiger charge is 2.51. The van der Waals surface area contributed by atoms with Crippen LogP contribution in [0.3, 0.4) is 0 Å². The van der Waals surface area contributed by atoms with E-state index in [1.807, 2.05) is 25.8 Å². The lowest BCUT2D eigenvalue weighted by atomic mass is 9.77. The molecule has 3 rings (SSSR count). The van der Waals surface area contributed by atoms with Crippen LogP contribution >= 0.6 is 0 Å². The fourth-order valence-corrected chi connectivity index (χ4v) is 8.10. The topological polar surface area (TPSA) is 197 Å². The summed E-state index contributed by atoms with van der Waals surface area (Å²) in [5.74, 6) is -2.85. The van der Waals surface area contributed by atoms with Crippen LogP contribution in [0.4, 0.5) is 0 Å². The third-order valence-corrected chi connectivity index (χ3v) is 11.2. The van der Waals surface area contributed by atoms with Gasteiger partial charge in [-0.3, -0.25) is 4.79 Å². The van der Waals surface area contributed by atoms with Crippen molar-refractivity contribution < 1.29 is 54.0 Å². The van der Waals surface area contributed by atoms with Gasteiger partial charge >= 0.3 is 5.97 Å². The van der Waals surface area contributed by atoms with Gasteiger partial charge in [0.2, 0.25) is 0 Å². The number of esters is 1. The highest BCUT2D eigenvalue weighted by atomic mass is 16.7. The molecule has 3 aliphatic rings. The molecule has 0 spiro atoms. The van der Waals surface area contributed by atoms with Crippen LogP contribution in [-0.4, -0.2) is 135 Å². The molecule has 3 aliphatic heterocycles. The zero-order valence-corrected chi connectivity index (χ0v) is 31.3. The Labute approximate surface area is 291 Å². The van der Waals surface area contributed by atoms with Crippen LogP contribution in [0.1, 0.15) is 94.9 Å². The normalized spacial score (nSPS) is 50.2. The van der Waals surface area contributed by atoms with E-state index in [0.29, 0.717) is 13.0 Å². The Morgan fingerprint density at radius 2 is 1.59 bits per heavy atom. The summed E-state index contributed by atoms with van der Waals surface area (Å²) in [6, 6.07) is -1.54. The molecule has 18 atom stereocenters. The Kier molecular flexibility index (Phi) is 14.6. The molecule has 0 saturated carbocycles. The van der Waals surface area contributed by atoms with Crippen LogP contribution in [0.5, 0.6) is 0 Å². The van der Waals surface area contributed by atoms with Gasteiger partial charge in [-0.1, -0.05) is 32.9 Å². The third-order valence-electron chi connectivity index (χ3n) is 11.2. The summed E-state index contributed by atoms with van der Waals surface area (Å²) in [4.78, 5) is 27.5. The van der Waals surface area contributed by atoms with Crippen LogP contribution in [0.2, 0.25) is 0 Å². The SMILES string of the molecule is CC[C@H]1OC(=O)[C@H](C)[C@@H](O[C@H]2C[C@@H](C)[C@@H](O)C(C)O2)[C@H](C)[C@@H](O[C@@H]2OC(C)C[C@@H](N=O)C2O)[C@](C)(O)C[C@@H](C)CN(C)[C@H](C)[C@@H](O)[C@]1(C)O. The number of carbonyl (C=O) groups excluding carboxylic acids is 1. The number of aliphatic hydroxyl groups is 5. The Bertz CT molecular complexity index is 1070. The van der Waals surface area contributed by atoms with Crippen molar-refractivity contribution >= 4 is 5.97 Å². The van der Waals surface area contributed by atoms with Gasteiger partial charge in [0.1, 0.15) is 30.0 Å². The maximum atomic E-state index is 14.0. The minimum atomic E-state index is -1.80. The molecule has 0 aromatic heterocycles. The second-order valence-corrected chi connectivity index (χ2v) is 15.8. The number of cyclic esters (lactones) is 1. The molecule has 0 aromatic rings. The highest BCUT2D eigenvalue weighted by molar-refractivity contribution is 5.73. The number of ether oxygens (including phenoxy) is 5. The highest BCUT2D eigenvalue weighted by Crippen LogP contribution is 2.39. The molecule has 5 N–H and O–H groups in total. The molecule has 0 aliphatic carbocycles. The van der Waals surface area contributed by atoms with Gasteiger partial charge in [-0.15, -0.1) is 0 Å². The number of hydrogen-bond acceptors (Lipinski definition) is 14. The number of nitrogens with zero attached hydrogens (tertiary/aromatic N) is 2. The summed E-state index contributed by atoms with van der Waals surface area (Å²) in [5, 5.41) is 60.0. The van der Waals surface area contributed by atoms with Crippen LogP contribution < -0.4 is 0 Å². The van der Waals surface area contributed by atoms with Crippen molar-refractivity contribution in [3.05, 3.63) is 4.91 Å². The zero-order chi connectivity index (χ0) is 37.2. The number of aliphatic hydroxyl groups excluding tert-OH is 3. The molecule has 3 heterocycles. The molecule has 0 aromatic carbocycles. The lowest BCUT2D eigenvalue weighted by molar-refractivity contribution is -0.305. The number of rotatable bonds is 6. The van der Waals surface area contributed by atoms with Gasteiger partial charge < -0.3 is 54.1 Å². The minimum Gasteiger partial charge on any atom is -0.459 e. The molecule has 14 heteroatoms. The number of likely N-dealkylation sites (N-methyl/N-ethyl adjacent to an activating group) is 1. The molecular weight excluding hydrogens is 640 g/mol. The maximum Gasteiger partial charge on any atom is 0.311 e. The van der Waals surface area contributed by atoms with Crippen molar-refractivity contribution in [2.24, 2.45) is 28.8 Å². The molecule has 3 saturated heterocycles. The molecule has 0 bridgehead atoms. The molecule has 14 nitrogen and oxygen atoms in total. The van der Waals surface area contributed by atoms with Crippen LogP contribution in [-0.2, 0) is 28.5 Å². The van der Waals surface area contributed by atoms with E-state index in [1.54, 1.807) is 48.5 Å². The molecule has 3 fully saturated rings. The van der Waals surface area contributed by atoms with Crippen molar-refractivity contribution in [1.29, 1.82) is 0 Å². The Hall–Kier alpha value is -1.33. The van der Waals surface area contributed by atoms with E-state index in [0.717, 1.165) is 0 Å². The van der Waals surface area contributed by atoms with Crippen LogP contribution in [0.25, 0.3) is 0 Å². The van der Waals surface area contributed by atoms with Crippen molar-refractivity contribution in [1.82, 2.24) is 4.90 Å². The summed E-state index contributed by atoms with van der Waals surface area (Å²) in [6.07, 6.45) is -8.85. The van der Waals surface area contributed by atoms with Gasteiger partial charge in [0.05, 0.1) is 42.0 Å². The summed E-state index contributed by atoms with van der Waals surface area (Å²) >= 11 is 0. The zero-order valence-electron chi connectivity index (χ0n) is 31.3. The first-order valence-electron chi connectivity index (χ1n) is 18.0. The summed E-state index contributed by atoms with van der Waals surface area (Å²) in [6.45, 7) is 17.7. The first-order chi connectivity index (χ1) is 22.7. The van der Waals surface area contributed by atoms with Crippen molar-refractivity contribution in [2.75, 3.05) is 13.6 Å². The minimum absolute atomic E-state index is 0.176. The standard InChI is InChI=1S/C35H64N2O12/c1-12-25-35(10,43)30(40)22(7)37(11)16-17(2)15-34(9,42)31(49-33-28(39)24(36-44)14-19(4)45-33)20(5)29(21(6)32(41)47-25)48-26-13-18(3)27(38)23(8)46-26/h17-31,33,38-40,42-43H,12-16H2,1-11H3/t17-,18-,19?,20+,21-,22-,23?,24-,25-,26+,27-,28?,29+,30-,31-,33+,34-,35-/m1/s1. The van der Waals surface area contributed by atoms with Crippen molar-refractivity contribution in [3.8, 4) is 0 Å². The average Bonchev–Trinajstić information content (AvgIpc) is 3.02. The molecule has 0 amide bonds. The molecule has 286 valence electrons. The first-order valence-corrected chi connectivity index (χ1v) is 18.0. The maximum absolute atomic E-state index is 14.0. The fourth-order valence-electron chi connectivity index (χ4n) is 8.10. The molecule has 0 radical (unpaired) electrons. The largest absolute Gasteiger partial charge is 0.459 e. The average molecular weight is 705 g/mol. The monoisotopic (exact) mass is 704 g/mol. The second-order valence-electron chi connectivity index (χ2n) is 15.8. The molecule has 3 unspecified atom stereocenters. The van der Waals surface area contributed by atoms with Crippen LogP contribution in [0, 0.1) is 28.6 Å². The second kappa shape index (κ2) is 17.0. The van der Waals surface area contributed by atoms with E-state index in [9.17, 15) is 35.2 Å². The smallest absolute Gasteiger partial charge is 0.311 e. The van der Waals surface area contributed by atoms with E-state index in [2.05, 4.69) is 5.18 Å². The van der Waals surface area contributed by atoms with Crippen molar-refractivity contribution in [3.63, 3.8) is 0 Å².